The fourth-order valence-electron chi connectivity index (χ4n) is 3.13. The summed E-state index contributed by atoms with van der Waals surface area (Å²) in [5, 5.41) is 2.68. The number of hydrogen-bond donors (Lipinski definition) is 1. The monoisotopic (exact) mass is 379 g/mol. The van der Waals surface area contributed by atoms with Gasteiger partial charge in [-0.3, -0.25) is 19.8 Å². The van der Waals surface area contributed by atoms with Gasteiger partial charge in [0.05, 0.1) is 0 Å². The Morgan fingerprint density at radius 3 is 2.56 bits per heavy atom. The van der Waals surface area contributed by atoms with Crippen LogP contribution in [0.3, 0.4) is 0 Å². The Morgan fingerprint density at radius 2 is 1.89 bits per heavy atom. The third kappa shape index (κ3) is 3.75. The van der Waals surface area contributed by atoms with Gasteiger partial charge in [-0.15, -0.1) is 6.58 Å². The van der Waals surface area contributed by atoms with Gasteiger partial charge in [0, 0.05) is 24.5 Å². The standard InChI is InChI=1S/C21H21N3O2S/c1-4-10-23-20(26)18(19(25)22-21(23)27)12-17-11-14(2)24(15(17)3)13-16-8-6-5-7-9-16/h4-9,11-12H,1,10,13H2,2-3H3,(H,22,25,27)/b18-12+. The lowest BCUT2D eigenvalue weighted by Gasteiger charge is -2.27. The van der Waals surface area contributed by atoms with Gasteiger partial charge < -0.3 is 4.57 Å². The van der Waals surface area contributed by atoms with Crippen LogP contribution in [-0.4, -0.2) is 32.9 Å². The number of nitrogens with one attached hydrogen (secondary N) is 1. The van der Waals surface area contributed by atoms with Crippen LogP contribution >= 0.6 is 12.2 Å². The van der Waals surface area contributed by atoms with E-state index in [4.69, 9.17) is 12.2 Å². The second-order valence-electron chi connectivity index (χ2n) is 6.42. The van der Waals surface area contributed by atoms with Crippen LogP contribution in [0.5, 0.6) is 0 Å². The SMILES string of the molecule is C=CCN1C(=O)/C(=C/c2cc(C)n(Cc3ccccc3)c2C)C(=O)NC1=S. The van der Waals surface area contributed by atoms with Crippen molar-refractivity contribution in [3.63, 3.8) is 0 Å². The van der Waals surface area contributed by atoms with Gasteiger partial charge in [-0.2, -0.15) is 0 Å². The zero-order valence-electron chi connectivity index (χ0n) is 15.4. The second-order valence-corrected chi connectivity index (χ2v) is 6.81. The van der Waals surface area contributed by atoms with Gasteiger partial charge in [0.1, 0.15) is 5.57 Å². The minimum absolute atomic E-state index is 0.0745. The molecule has 0 aliphatic carbocycles. The van der Waals surface area contributed by atoms with Crippen molar-refractivity contribution < 1.29 is 9.59 Å². The minimum atomic E-state index is -0.474. The highest BCUT2D eigenvalue weighted by molar-refractivity contribution is 7.80. The summed E-state index contributed by atoms with van der Waals surface area (Å²) in [6.45, 7) is 8.61. The van der Waals surface area contributed by atoms with Gasteiger partial charge in [-0.25, -0.2) is 0 Å². The lowest BCUT2D eigenvalue weighted by Crippen LogP contribution is -2.53. The largest absolute Gasteiger partial charge is 0.344 e. The Kier molecular flexibility index (Phi) is 5.37. The van der Waals surface area contributed by atoms with Crippen molar-refractivity contribution in [3.8, 4) is 0 Å². The van der Waals surface area contributed by atoms with Crippen LogP contribution in [0, 0.1) is 13.8 Å². The van der Waals surface area contributed by atoms with Crippen molar-refractivity contribution in [2.24, 2.45) is 0 Å². The van der Waals surface area contributed by atoms with Gasteiger partial charge in [0.2, 0.25) is 0 Å². The summed E-state index contributed by atoms with van der Waals surface area (Å²) in [5.74, 6) is -0.880. The highest BCUT2D eigenvalue weighted by Gasteiger charge is 2.32. The van der Waals surface area contributed by atoms with Gasteiger partial charge >= 0.3 is 0 Å². The molecule has 0 bridgehead atoms. The molecule has 1 aliphatic rings. The van der Waals surface area contributed by atoms with Crippen LogP contribution in [-0.2, 0) is 16.1 Å². The quantitative estimate of drug-likeness (QED) is 0.376. The molecule has 2 aromatic rings. The van der Waals surface area contributed by atoms with Crippen LogP contribution in [0.2, 0.25) is 0 Å². The zero-order chi connectivity index (χ0) is 19.6. The number of rotatable bonds is 5. The summed E-state index contributed by atoms with van der Waals surface area (Å²) in [6.07, 6.45) is 3.21. The molecule has 1 fully saturated rings. The lowest BCUT2D eigenvalue weighted by atomic mass is 10.1. The third-order valence-electron chi connectivity index (χ3n) is 4.59. The van der Waals surface area contributed by atoms with Crippen molar-refractivity contribution in [1.82, 2.24) is 14.8 Å². The highest BCUT2D eigenvalue weighted by Crippen LogP contribution is 2.22. The Bertz CT molecular complexity index is 957. The maximum absolute atomic E-state index is 12.7. The molecule has 1 aromatic heterocycles. The number of amides is 2. The molecule has 2 heterocycles. The number of thiocarbonyl (C=S) groups is 1. The number of carbonyl (C=O) groups excluding carboxylic acids is 2. The van der Waals surface area contributed by atoms with E-state index in [2.05, 4.69) is 28.6 Å². The first kappa shape index (κ1) is 18.8. The first-order valence-corrected chi connectivity index (χ1v) is 9.03. The molecule has 1 aliphatic heterocycles. The van der Waals surface area contributed by atoms with E-state index in [-0.39, 0.29) is 17.2 Å². The predicted molar refractivity (Wildman–Crippen MR) is 110 cm³/mol. The van der Waals surface area contributed by atoms with Crippen molar-refractivity contribution in [2.75, 3.05) is 6.54 Å². The van der Waals surface area contributed by atoms with Gasteiger partial charge in [0.25, 0.3) is 11.8 Å². The average molecular weight is 379 g/mol. The molecular formula is C21H21N3O2S. The second kappa shape index (κ2) is 7.72. The Labute approximate surface area is 164 Å². The van der Waals surface area contributed by atoms with Crippen LogP contribution in [0.4, 0.5) is 0 Å². The predicted octanol–water partition coefficient (Wildman–Crippen LogP) is 2.97. The summed E-state index contributed by atoms with van der Waals surface area (Å²) in [7, 11) is 0. The Morgan fingerprint density at radius 1 is 1.19 bits per heavy atom. The van der Waals surface area contributed by atoms with Crippen molar-refractivity contribution in [2.45, 2.75) is 20.4 Å². The number of nitrogens with zero attached hydrogens (tertiary/aromatic N) is 2. The maximum atomic E-state index is 12.7. The molecule has 0 radical (unpaired) electrons. The third-order valence-corrected chi connectivity index (χ3v) is 4.92. The van der Waals surface area contributed by atoms with Gasteiger partial charge in [0.15, 0.2) is 5.11 Å². The number of hydrogen-bond acceptors (Lipinski definition) is 3. The Hall–Kier alpha value is -2.99. The number of aromatic nitrogens is 1. The van der Waals surface area contributed by atoms with E-state index in [1.54, 1.807) is 12.2 Å². The number of aryl methyl sites for hydroxylation is 1. The summed E-state index contributed by atoms with van der Waals surface area (Å²) in [5.41, 5.74) is 4.16. The molecule has 0 spiro atoms. The molecule has 27 heavy (non-hydrogen) atoms. The summed E-state index contributed by atoms with van der Waals surface area (Å²) >= 11 is 5.08. The van der Waals surface area contributed by atoms with E-state index >= 15 is 0 Å². The van der Waals surface area contributed by atoms with E-state index in [1.165, 1.54) is 10.5 Å². The van der Waals surface area contributed by atoms with Gasteiger partial charge in [-0.05, 0) is 49.3 Å². The van der Waals surface area contributed by atoms with Crippen LogP contribution in [0.1, 0.15) is 22.5 Å². The summed E-state index contributed by atoms with van der Waals surface area (Å²) in [6, 6.07) is 12.1. The number of carbonyl (C=O) groups is 2. The lowest BCUT2D eigenvalue weighted by molar-refractivity contribution is -0.128. The normalized spacial score (nSPS) is 16.0. The number of benzene rings is 1. The Balaban J connectivity index is 1.95. The zero-order valence-corrected chi connectivity index (χ0v) is 16.2. The van der Waals surface area contributed by atoms with Crippen molar-refractivity contribution in [1.29, 1.82) is 0 Å². The molecule has 0 saturated carbocycles. The highest BCUT2D eigenvalue weighted by atomic mass is 32.1. The van der Waals surface area contributed by atoms with E-state index < -0.39 is 11.8 Å². The fraction of sp³-hybridized carbons (Fsp3) is 0.190. The maximum Gasteiger partial charge on any atom is 0.265 e. The molecule has 3 rings (SSSR count). The van der Waals surface area contributed by atoms with Gasteiger partial charge in [-0.1, -0.05) is 36.4 Å². The van der Waals surface area contributed by atoms with E-state index in [9.17, 15) is 9.59 Å². The smallest absolute Gasteiger partial charge is 0.265 e. The molecule has 138 valence electrons. The van der Waals surface area contributed by atoms with Crippen molar-refractivity contribution in [3.05, 3.63) is 77.1 Å². The van der Waals surface area contributed by atoms with E-state index in [0.717, 1.165) is 23.5 Å². The van der Waals surface area contributed by atoms with E-state index in [1.807, 2.05) is 38.1 Å². The van der Waals surface area contributed by atoms with Crippen LogP contribution in [0.15, 0.2) is 54.6 Å². The van der Waals surface area contributed by atoms with Crippen molar-refractivity contribution >= 4 is 35.2 Å². The minimum Gasteiger partial charge on any atom is -0.344 e. The van der Waals surface area contributed by atoms with E-state index in [0.29, 0.717) is 0 Å². The fourth-order valence-corrected chi connectivity index (χ4v) is 3.38. The summed E-state index contributed by atoms with van der Waals surface area (Å²) < 4.78 is 2.17. The molecule has 1 aromatic carbocycles. The topological polar surface area (TPSA) is 54.3 Å². The molecule has 1 N–H and O–H groups in total. The van der Waals surface area contributed by atoms with Crippen LogP contribution < -0.4 is 5.32 Å². The summed E-state index contributed by atoms with van der Waals surface area (Å²) in [4.78, 5) is 26.3. The first-order chi connectivity index (χ1) is 12.9. The molecule has 2 amide bonds. The molecule has 0 atom stereocenters. The molecule has 0 unspecified atom stereocenters. The molecule has 5 nitrogen and oxygen atoms in total. The molecular weight excluding hydrogens is 358 g/mol. The average Bonchev–Trinajstić information content (AvgIpc) is 2.90. The molecule has 6 heteroatoms. The molecule has 1 saturated heterocycles. The van der Waals surface area contributed by atoms with Crippen LogP contribution in [0.25, 0.3) is 6.08 Å². The first-order valence-electron chi connectivity index (χ1n) is 8.62.